The summed E-state index contributed by atoms with van der Waals surface area (Å²) in [5, 5.41) is 5.83. The highest BCUT2D eigenvalue weighted by Crippen LogP contribution is 2.29. The fourth-order valence-electron chi connectivity index (χ4n) is 2.73. The van der Waals surface area contributed by atoms with E-state index in [2.05, 4.69) is 10.6 Å². The van der Waals surface area contributed by atoms with Gasteiger partial charge in [-0.3, -0.25) is 4.79 Å². The minimum atomic E-state index is -3.51. The lowest BCUT2D eigenvalue weighted by atomic mass is 9.95. The van der Waals surface area contributed by atoms with Gasteiger partial charge < -0.3 is 15.4 Å². The Morgan fingerprint density at radius 1 is 1.21 bits per heavy atom. The van der Waals surface area contributed by atoms with Crippen molar-refractivity contribution in [2.75, 3.05) is 24.7 Å². The zero-order valence-electron chi connectivity index (χ0n) is 14.2. The van der Waals surface area contributed by atoms with Gasteiger partial charge >= 0.3 is 0 Å². The van der Waals surface area contributed by atoms with Crippen molar-refractivity contribution in [3.63, 3.8) is 0 Å². The van der Waals surface area contributed by atoms with E-state index in [9.17, 15) is 13.2 Å². The molecule has 8 heteroatoms. The van der Waals surface area contributed by atoms with Crippen molar-refractivity contribution in [3.05, 3.63) is 24.3 Å². The van der Waals surface area contributed by atoms with Crippen LogP contribution in [0, 0.1) is 0 Å². The molecule has 0 atom stereocenters. The Kier molecular flexibility index (Phi) is 7.07. The molecule has 1 aromatic rings. The normalized spacial score (nSPS) is 17.0. The van der Waals surface area contributed by atoms with Gasteiger partial charge in [-0.05, 0) is 64.0 Å². The SMILES string of the molecule is CC(C)Oc1ccc(NC(=O)C2(S(C)(=O)=O)CCNCC2)cc1.Cl. The summed E-state index contributed by atoms with van der Waals surface area (Å²) in [5.41, 5.74) is 0.563. The summed E-state index contributed by atoms with van der Waals surface area (Å²) < 4.78 is 28.6. The number of halogens is 1. The van der Waals surface area contributed by atoms with E-state index in [0.717, 1.165) is 6.26 Å². The van der Waals surface area contributed by atoms with E-state index in [1.165, 1.54) is 0 Å². The van der Waals surface area contributed by atoms with Crippen LogP contribution in [0.4, 0.5) is 5.69 Å². The van der Waals surface area contributed by atoms with Crippen LogP contribution in [-0.2, 0) is 14.6 Å². The molecule has 1 aromatic carbocycles. The second-order valence-electron chi connectivity index (χ2n) is 6.16. The Balaban J connectivity index is 0.00000288. The number of nitrogens with one attached hydrogen (secondary N) is 2. The number of benzene rings is 1. The summed E-state index contributed by atoms with van der Waals surface area (Å²) in [4.78, 5) is 12.6. The van der Waals surface area contributed by atoms with Crippen LogP contribution in [0.15, 0.2) is 24.3 Å². The quantitative estimate of drug-likeness (QED) is 0.821. The number of ether oxygens (including phenoxy) is 1. The molecule has 2 N–H and O–H groups in total. The summed E-state index contributed by atoms with van der Waals surface area (Å²) in [7, 11) is -3.51. The monoisotopic (exact) mass is 376 g/mol. The second-order valence-corrected chi connectivity index (χ2v) is 8.49. The molecule has 1 saturated heterocycles. The molecule has 24 heavy (non-hydrogen) atoms. The van der Waals surface area contributed by atoms with Crippen LogP contribution < -0.4 is 15.4 Å². The highest BCUT2D eigenvalue weighted by Gasteiger charge is 2.48. The van der Waals surface area contributed by atoms with Crippen LogP contribution in [0.5, 0.6) is 5.75 Å². The molecule has 1 fully saturated rings. The first-order valence-electron chi connectivity index (χ1n) is 7.73. The first-order chi connectivity index (χ1) is 10.7. The third kappa shape index (κ3) is 4.62. The molecule has 0 aliphatic carbocycles. The van der Waals surface area contributed by atoms with Crippen LogP contribution in [0.1, 0.15) is 26.7 Å². The average molecular weight is 377 g/mol. The number of carbonyl (C=O) groups excluding carboxylic acids is 1. The zero-order chi connectivity index (χ0) is 17.1. The Morgan fingerprint density at radius 3 is 2.21 bits per heavy atom. The van der Waals surface area contributed by atoms with Gasteiger partial charge in [0.1, 0.15) is 5.75 Å². The van der Waals surface area contributed by atoms with Gasteiger partial charge in [0.05, 0.1) is 6.10 Å². The standard InChI is InChI=1S/C16H24N2O4S.ClH/c1-12(2)22-14-6-4-13(5-7-14)18-15(19)16(23(3,20)21)8-10-17-11-9-16;/h4-7,12,17H,8-11H2,1-3H3,(H,18,19);1H. The van der Waals surface area contributed by atoms with Crippen molar-refractivity contribution >= 4 is 33.8 Å². The summed E-state index contributed by atoms with van der Waals surface area (Å²) in [6, 6.07) is 6.94. The Labute approximate surface area is 149 Å². The van der Waals surface area contributed by atoms with Gasteiger partial charge in [-0.15, -0.1) is 12.4 Å². The van der Waals surface area contributed by atoms with Crippen molar-refractivity contribution in [2.24, 2.45) is 0 Å². The first kappa shape index (κ1) is 20.7. The van der Waals surface area contributed by atoms with Crippen molar-refractivity contribution < 1.29 is 17.9 Å². The topological polar surface area (TPSA) is 84.5 Å². The number of anilines is 1. The molecule has 1 heterocycles. The van der Waals surface area contributed by atoms with Crippen molar-refractivity contribution in [2.45, 2.75) is 37.5 Å². The molecule has 0 bridgehead atoms. The van der Waals surface area contributed by atoms with Gasteiger partial charge in [-0.25, -0.2) is 8.42 Å². The smallest absolute Gasteiger partial charge is 0.245 e. The van der Waals surface area contributed by atoms with Gasteiger partial charge in [0.15, 0.2) is 14.6 Å². The van der Waals surface area contributed by atoms with Crippen LogP contribution in [0.25, 0.3) is 0 Å². The number of sulfone groups is 1. The first-order valence-corrected chi connectivity index (χ1v) is 9.62. The minimum absolute atomic E-state index is 0. The number of hydrogen-bond acceptors (Lipinski definition) is 5. The van der Waals surface area contributed by atoms with Crippen LogP contribution >= 0.6 is 12.4 Å². The molecular weight excluding hydrogens is 352 g/mol. The highest BCUT2D eigenvalue weighted by molar-refractivity contribution is 7.92. The molecule has 0 aromatic heterocycles. The van der Waals surface area contributed by atoms with E-state index < -0.39 is 20.5 Å². The largest absolute Gasteiger partial charge is 0.491 e. The molecule has 0 spiro atoms. The maximum absolute atomic E-state index is 12.6. The van der Waals surface area contributed by atoms with E-state index >= 15 is 0 Å². The Morgan fingerprint density at radius 2 is 1.75 bits per heavy atom. The van der Waals surface area contributed by atoms with E-state index in [4.69, 9.17) is 4.74 Å². The maximum Gasteiger partial charge on any atom is 0.245 e. The number of amides is 1. The zero-order valence-corrected chi connectivity index (χ0v) is 15.8. The van der Waals surface area contributed by atoms with Gasteiger partial charge in [0.2, 0.25) is 5.91 Å². The number of hydrogen-bond donors (Lipinski definition) is 2. The number of piperidine rings is 1. The van der Waals surface area contributed by atoms with E-state index in [1.54, 1.807) is 24.3 Å². The van der Waals surface area contributed by atoms with Crippen molar-refractivity contribution in [1.82, 2.24) is 5.32 Å². The second kappa shape index (κ2) is 8.18. The molecule has 2 rings (SSSR count). The lowest BCUT2D eigenvalue weighted by molar-refractivity contribution is -0.119. The van der Waals surface area contributed by atoms with Crippen LogP contribution in [0.3, 0.4) is 0 Å². The molecule has 0 saturated carbocycles. The maximum atomic E-state index is 12.6. The molecule has 1 amide bonds. The van der Waals surface area contributed by atoms with Crippen molar-refractivity contribution in [3.8, 4) is 5.75 Å². The number of carbonyl (C=O) groups is 1. The van der Waals surface area contributed by atoms with Crippen LogP contribution in [-0.4, -0.2) is 44.5 Å². The molecule has 1 aliphatic rings. The minimum Gasteiger partial charge on any atom is -0.491 e. The van der Waals surface area contributed by atoms with Gasteiger partial charge in [0, 0.05) is 11.9 Å². The molecular formula is C16H25ClN2O4S. The van der Waals surface area contributed by atoms with E-state index in [1.807, 2.05) is 13.8 Å². The fraction of sp³-hybridized carbons (Fsp3) is 0.562. The predicted molar refractivity (Wildman–Crippen MR) is 97.8 cm³/mol. The van der Waals surface area contributed by atoms with Gasteiger partial charge in [-0.1, -0.05) is 0 Å². The molecule has 136 valence electrons. The highest BCUT2D eigenvalue weighted by atomic mass is 35.5. The summed E-state index contributed by atoms with van der Waals surface area (Å²) >= 11 is 0. The summed E-state index contributed by atoms with van der Waals surface area (Å²) in [6.07, 6.45) is 1.77. The molecule has 0 radical (unpaired) electrons. The third-order valence-electron chi connectivity index (χ3n) is 4.02. The fourth-order valence-corrected chi connectivity index (χ4v) is 4.06. The van der Waals surface area contributed by atoms with E-state index in [0.29, 0.717) is 24.5 Å². The lowest BCUT2D eigenvalue weighted by Crippen LogP contribution is -2.55. The van der Waals surface area contributed by atoms with Crippen LogP contribution in [0.2, 0.25) is 0 Å². The van der Waals surface area contributed by atoms with E-state index in [-0.39, 0.29) is 31.4 Å². The van der Waals surface area contributed by atoms with Gasteiger partial charge in [-0.2, -0.15) is 0 Å². The summed E-state index contributed by atoms with van der Waals surface area (Å²) in [5.74, 6) is 0.247. The van der Waals surface area contributed by atoms with Crippen molar-refractivity contribution in [1.29, 1.82) is 0 Å². The molecule has 0 unspecified atom stereocenters. The lowest BCUT2D eigenvalue weighted by Gasteiger charge is -2.34. The van der Waals surface area contributed by atoms with Gasteiger partial charge in [0.25, 0.3) is 0 Å². The Hall–Kier alpha value is -1.31. The Bertz CT molecular complexity index is 653. The molecule has 1 aliphatic heterocycles. The average Bonchev–Trinajstić information content (AvgIpc) is 2.48. The molecule has 6 nitrogen and oxygen atoms in total. The number of rotatable bonds is 5. The predicted octanol–water partition coefficient (Wildman–Crippen LogP) is 2.00. The summed E-state index contributed by atoms with van der Waals surface area (Å²) in [6.45, 7) is 4.90. The third-order valence-corrected chi connectivity index (χ3v) is 6.03.